The number of hydrogen-bond acceptors (Lipinski definition) is 2. The Bertz CT molecular complexity index is 526. The molecule has 0 saturated heterocycles. The molecule has 1 saturated carbocycles. The minimum Gasteiger partial charge on any atom is -0.393 e. The molecule has 1 heterocycles. The predicted molar refractivity (Wildman–Crippen MR) is 78.0 cm³/mol. The fourth-order valence-corrected chi connectivity index (χ4v) is 2.98. The second-order valence-corrected chi connectivity index (χ2v) is 5.70. The molecule has 1 fully saturated rings. The standard InChI is InChI=1S/C16H22N2O/c19-15-4-1-12(2-5-15)10-17-11-13-3-6-16-14(9-13)7-8-18-16/h3,6-9,12,15,17-19H,1-2,4-5,10-11H2. The number of H-pyrrole nitrogens is 1. The lowest BCUT2D eigenvalue weighted by molar-refractivity contribution is 0.108. The van der Waals surface area contributed by atoms with Gasteiger partial charge in [0.1, 0.15) is 0 Å². The molecule has 1 aromatic heterocycles. The first-order valence-electron chi connectivity index (χ1n) is 7.26. The van der Waals surface area contributed by atoms with E-state index in [1.807, 2.05) is 6.20 Å². The van der Waals surface area contributed by atoms with Crippen LogP contribution in [0.4, 0.5) is 0 Å². The van der Waals surface area contributed by atoms with E-state index in [4.69, 9.17) is 0 Å². The van der Waals surface area contributed by atoms with Gasteiger partial charge in [0.15, 0.2) is 0 Å². The zero-order chi connectivity index (χ0) is 13.1. The summed E-state index contributed by atoms with van der Waals surface area (Å²) in [7, 11) is 0. The van der Waals surface area contributed by atoms with Gasteiger partial charge in [0.2, 0.25) is 0 Å². The number of benzene rings is 1. The Hall–Kier alpha value is -1.32. The Balaban J connectivity index is 1.49. The maximum absolute atomic E-state index is 9.49. The predicted octanol–water partition coefficient (Wildman–Crippen LogP) is 2.81. The monoisotopic (exact) mass is 258 g/mol. The number of nitrogens with one attached hydrogen (secondary N) is 2. The lowest BCUT2D eigenvalue weighted by Crippen LogP contribution is -2.27. The zero-order valence-electron chi connectivity index (χ0n) is 11.2. The molecule has 0 radical (unpaired) electrons. The molecule has 19 heavy (non-hydrogen) atoms. The number of aliphatic hydroxyl groups is 1. The summed E-state index contributed by atoms with van der Waals surface area (Å²) < 4.78 is 0. The summed E-state index contributed by atoms with van der Waals surface area (Å²) in [6, 6.07) is 8.67. The van der Waals surface area contributed by atoms with Crippen LogP contribution >= 0.6 is 0 Å². The number of aromatic nitrogens is 1. The van der Waals surface area contributed by atoms with Gasteiger partial charge in [-0.2, -0.15) is 0 Å². The Kier molecular flexibility index (Phi) is 3.85. The highest BCUT2D eigenvalue weighted by Gasteiger charge is 2.18. The molecule has 1 aromatic carbocycles. The minimum absolute atomic E-state index is 0.0488. The van der Waals surface area contributed by atoms with Gasteiger partial charge < -0.3 is 15.4 Å². The van der Waals surface area contributed by atoms with Gasteiger partial charge in [0, 0.05) is 18.3 Å². The Morgan fingerprint density at radius 3 is 2.84 bits per heavy atom. The molecular formula is C16H22N2O. The van der Waals surface area contributed by atoms with E-state index in [1.165, 1.54) is 16.5 Å². The molecule has 1 aliphatic rings. The van der Waals surface area contributed by atoms with Crippen LogP contribution in [-0.2, 0) is 6.54 Å². The summed E-state index contributed by atoms with van der Waals surface area (Å²) in [5, 5.41) is 14.3. The Morgan fingerprint density at radius 1 is 1.16 bits per heavy atom. The summed E-state index contributed by atoms with van der Waals surface area (Å²) in [6.07, 6.45) is 6.20. The van der Waals surface area contributed by atoms with Crippen LogP contribution in [0.15, 0.2) is 30.5 Å². The van der Waals surface area contributed by atoms with Crippen LogP contribution in [0.2, 0.25) is 0 Å². The lowest BCUT2D eigenvalue weighted by atomic mass is 9.87. The van der Waals surface area contributed by atoms with Gasteiger partial charge in [0.25, 0.3) is 0 Å². The summed E-state index contributed by atoms with van der Waals surface area (Å²) in [5.74, 6) is 0.736. The van der Waals surface area contributed by atoms with E-state index >= 15 is 0 Å². The van der Waals surface area contributed by atoms with E-state index in [0.29, 0.717) is 0 Å². The van der Waals surface area contributed by atoms with Crippen LogP contribution in [-0.4, -0.2) is 22.7 Å². The SMILES string of the molecule is OC1CCC(CNCc2ccc3[nH]ccc3c2)CC1. The molecule has 0 unspecified atom stereocenters. The van der Waals surface area contributed by atoms with Crippen molar-refractivity contribution in [2.45, 2.75) is 38.3 Å². The highest BCUT2D eigenvalue weighted by Crippen LogP contribution is 2.23. The number of fused-ring (bicyclic) bond motifs is 1. The molecule has 0 amide bonds. The van der Waals surface area contributed by atoms with E-state index in [0.717, 1.165) is 44.7 Å². The summed E-state index contributed by atoms with van der Waals surface area (Å²) >= 11 is 0. The highest BCUT2D eigenvalue weighted by molar-refractivity contribution is 5.79. The van der Waals surface area contributed by atoms with Gasteiger partial charge in [0.05, 0.1) is 6.10 Å². The van der Waals surface area contributed by atoms with Crippen molar-refractivity contribution in [3.05, 3.63) is 36.0 Å². The van der Waals surface area contributed by atoms with Crippen molar-refractivity contribution in [3.63, 3.8) is 0 Å². The molecule has 3 N–H and O–H groups in total. The number of rotatable bonds is 4. The van der Waals surface area contributed by atoms with Crippen molar-refractivity contribution >= 4 is 10.9 Å². The van der Waals surface area contributed by atoms with E-state index < -0.39 is 0 Å². The summed E-state index contributed by atoms with van der Waals surface area (Å²) in [6.45, 7) is 2.00. The molecular weight excluding hydrogens is 236 g/mol. The first kappa shape index (κ1) is 12.7. The van der Waals surface area contributed by atoms with Gasteiger partial charge in [-0.1, -0.05) is 6.07 Å². The molecule has 0 atom stereocenters. The third-order valence-corrected chi connectivity index (χ3v) is 4.20. The average molecular weight is 258 g/mol. The molecule has 0 spiro atoms. The largest absolute Gasteiger partial charge is 0.393 e. The lowest BCUT2D eigenvalue weighted by Gasteiger charge is -2.25. The summed E-state index contributed by atoms with van der Waals surface area (Å²) in [4.78, 5) is 3.21. The third-order valence-electron chi connectivity index (χ3n) is 4.20. The molecule has 0 aliphatic heterocycles. The third kappa shape index (κ3) is 3.17. The Morgan fingerprint density at radius 2 is 2.00 bits per heavy atom. The molecule has 102 valence electrons. The zero-order valence-corrected chi connectivity index (χ0v) is 11.2. The first-order valence-corrected chi connectivity index (χ1v) is 7.26. The van der Waals surface area contributed by atoms with Crippen molar-refractivity contribution in [2.24, 2.45) is 5.92 Å². The van der Waals surface area contributed by atoms with Crippen LogP contribution in [0.5, 0.6) is 0 Å². The van der Waals surface area contributed by atoms with Crippen LogP contribution in [0.1, 0.15) is 31.2 Å². The molecule has 1 aliphatic carbocycles. The second-order valence-electron chi connectivity index (χ2n) is 5.70. The van der Waals surface area contributed by atoms with Crippen molar-refractivity contribution in [3.8, 4) is 0 Å². The van der Waals surface area contributed by atoms with Crippen LogP contribution in [0, 0.1) is 5.92 Å². The van der Waals surface area contributed by atoms with Crippen molar-refractivity contribution in [1.82, 2.24) is 10.3 Å². The van der Waals surface area contributed by atoms with Crippen molar-refractivity contribution < 1.29 is 5.11 Å². The molecule has 3 nitrogen and oxygen atoms in total. The fourth-order valence-electron chi connectivity index (χ4n) is 2.98. The fraction of sp³-hybridized carbons (Fsp3) is 0.500. The van der Waals surface area contributed by atoms with Gasteiger partial charge in [-0.15, -0.1) is 0 Å². The van der Waals surface area contributed by atoms with Crippen LogP contribution in [0.3, 0.4) is 0 Å². The highest BCUT2D eigenvalue weighted by atomic mass is 16.3. The minimum atomic E-state index is -0.0488. The van der Waals surface area contributed by atoms with Gasteiger partial charge in [-0.25, -0.2) is 0 Å². The van der Waals surface area contributed by atoms with E-state index in [1.54, 1.807) is 0 Å². The van der Waals surface area contributed by atoms with E-state index in [2.05, 4.69) is 34.6 Å². The normalized spacial score (nSPS) is 23.8. The second kappa shape index (κ2) is 5.76. The van der Waals surface area contributed by atoms with E-state index in [-0.39, 0.29) is 6.10 Å². The smallest absolute Gasteiger partial charge is 0.0540 e. The Labute approximate surface area is 114 Å². The molecule has 3 rings (SSSR count). The number of aromatic amines is 1. The molecule has 2 aromatic rings. The van der Waals surface area contributed by atoms with E-state index in [9.17, 15) is 5.11 Å². The number of hydrogen-bond donors (Lipinski definition) is 3. The first-order chi connectivity index (χ1) is 9.31. The van der Waals surface area contributed by atoms with Gasteiger partial charge in [-0.3, -0.25) is 0 Å². The maximum Gasteiger partial charge on any atom is 0.0540 e. The van der Waals surface area contributed by atoms with Crippen LogP contribution < -0.4 is 5.32 Å². The maximum atomic E-state index is 9.49. The van der Waals surface area contributed by atoms with Gasteiger partial charge >= 0.3 is 0 Å². The average Bonchev–Trinajstić information content (AvgIpc) is 2.88. The molecule has 3 heteroatoms. The van der Waals surface area contributed by atoms with Crippen LogP contribution in [0.25, 0.3) is 10.9 Å². The topological polar surface area (TPSA) is 48.0 Å². The number of aliphatic hydroxyl groups excluding tert-OH is 1. The van der Waals surface area contributed by atoms with Crippen molar-refractivity contribution in [2.75, 3.05) is 6.54 Å². The quantitative estimate of drug-likeness (QED) is 0.789. The molecule has 0 bridgehead atoms. The summed E-state index contributed by atoms with van der Waals surface area (Å²) in [5.41, 5.74) is 2.54. The van der Waals surface area contributed by atoms with Gasteiger partial charge in [-0.05, 0) is 67.3 Å². The van der Waals surface area contributed by atoms with Crippen molar-refractivity contribution in [1.29, 1.82) is 0 Å².